The number of pyridine rings is 1. The summed E-state index contributed by atoms with van der Waals surface area (Å²) in [6.45, 7) is 0. The van der Waals surface area contributed by atoms with E-state index in [0.717, 1.165) is 0 Å². The van der Waals surface area contributed by atoms with Gasteiger partial charge in [-0.05, 0) is 40.2 Å². The smallest absolute Gasteiger partial charge is 0.339 e. The van der Waals surface area contributed by atoms with Crippen LogP contribution in [0.1, 0.15) is 10.4 Å². The number of aromatic carboxylic acids is 1. The largest absolute Gasteiger partial charge is 0.478 e. The standard InChI is InChI=1S/C12H8BrClN2O2/c13-10-8(14)4-1-5-9(10)16-11-7(12(17)18)3-2-6-15-11/h1-6H,(H,15,16)(H,17,18). The van der Waals surface area contributed by atoms with E-state index in [4.69, 9.17) is 16.7 Å². The zero-order valence-corrected chi connectivity index (χ0v) is 11.4. The Morgan fingerprint density at radius 2 is 2.11 bits per heavy atom. The van der Waals surface area contributed by atoms with E-state index in [1.54, 1.807) is 24.3 Å². The Morgan fingerprint density at radius 1 is 1.33 bits per heavy atom. The minimum Gasteiger partial charge on any atom is -0.478 e. The number of rotatable bonds is 3. The summed E-state index contributed by atoms with van der Waals surface area (Å²) in [5.74, 6) is -0.767. The van der Waals surface area contributed by atoms with Crippen LogP contribution in [-0.4, -0.2) is 16.1 Å². The van der Waals surface area contributed by atoms with Crippen LogP contribution in [0, 0.1) is 0 Å². The van der Waals surface area contributed by atoms with Gasteiger partial charge in [-0.15, -0.1) is 0 Å². The number of aromatic nitrogens is 1. The molecule has 4 nitrogen and oxygen atoms in total. The molecule has 1 heterocycles. The molecule has 0 atom stereocenters. The summed E-state index contributed by atoms with van der Waals surface area (Å²) in [5, 5.41) is 12.5. The quantitative estimate of drug-likeness (QED) is 0.896. The maximum absolute atomic E-state index is 11.0. The molecule has 0 spiro atoms. The monoisotopic (exact) mass is 326 g/mol. The second-order valence-electron chi connectivity index (χ2n) is 3.43. The van der Waals surface area contributed by atoms with Crippen LogP contribution < -0.4 is 5.32 Å². The van der Waals surface area contributed by atoms with E-state index in [9.17, 15) is 4.79 Å². The van der Waals surface area contributed by atoms with E-state index in [0.29, 0.717) is 15.2 Å². The zero-order valence-electron chi connectivity index (χ0n) is 9.02. The number of nitrogens with one attached hydrogen (secondary N) is 1. The summed E-state index contributed by atoms with van der Waals surface area (Å²) in [6, 6.07) is 8.32. The van der Waals surface area contributed by atoms with Crippen molar-refractivity contribution in [3.8, 4) is 0 Å². The number of carboxylic acid groups (broad SMARTS) is 1. The predicted octanol–water partition coefficient (Wildman–Crippen LogP) is 3.94. The van der Waals surface area contributed by atoms with Gasteiger partial charge in [0.1, 0.15) is 11.4 Å². The molecule has 0 bridgehead atoms. The molecule has 2 N–H and O–H groups in total. The third kappa shape index (κ3) is 2.63. The van der Waals surface area contributed by atoms with E-state index >= 15 is 0 Å². The fraction of sp³-hybridized carbons (Fsp3) is 0. The molecule has 0 saturated heterocycles. The fourth-order valence-corrected chi connectivity index (χ4v) is 1.94. The average molecular weight is 328 g/mol. The third-order valence-electron chi connectivity index (χ3n) is 2.24. The Bertz CT molecular complexity index is 604. The van der Waals surface area contributed by atoms with Crippen LogP contribution in [0.4, 0.5) is 11.5 Å². The lowest BCUT2D eigenvalue weighted by Gasteiger charge is -2.10. The van der Waals surface area contributed by atoms with Gasteiger partial charge in [0.2, 0.25) is 0 Å². The number of halogens is 2. The van der Waals surface area contributed by atoms with Crippen LogP contribution in [-0.2, 0) is 0 Å². The normalized spacial score (nSPS) is 10.1. The zero-order chi connectivity index (χ0) is 13.1. The molecular formula is C12H8BrClN2O2. The number of carboxylic acids is 1. The Labute approximate surface area is 117 Å². The summed E-state index contributed by atoms with van der Waals surface area (Å²) in [6.07, 6.45) is 1.52. The van der Waals surface area contributed by atoms with Crippen molar-refractivity contribution < 1.29 is 9.90 Å². The van der Waals surface area contributed by atoms with E-state index in [1.807, 2.05) is 0 Å². The van der Waals surface area contributed by atoms with Gasteiger partial charge < -0.3 is 10.4 Å². The highest BCUT2D eigenvalue weighted by Gasteiger charge is 2.12. The van der Waals surface area contributed by atoms with Gasteiger partial charge in [0.15, 0.2) is 0 Å². The highest BCUT2D eigenvalue weighted by molar-refractivity contribution is 9.10. The van der Waals surface area contributed by atoms with Gasteiger partial charge in [-0.2, -0.15) is 0 Å². The third-order valence-corrected chi connectivity index (χ3v) is 3.64. The van der Waals surface area contributed by atoms with E-state index < -0.39 is 5.97 Å². The Balaban J connectivity index is 2.40. The molecule has 0 radical (unpaired) electrons. The van der Waals surface area contributed by atoms with Crippen molar-refractivity contribution in [3.63, 3.8) is 0 Å². The van der Waals surface area contributed by atoms with Crippen molar-refractivity contribution in [1.82, 2.24) is 4.98 Å². The van der Waals surface area contributed by atoms with Crippen molar-refractivity contribution in [2.75, 3.05) is 5.32 Å². The maximum Gasteiger partial charge on any atom is 0.339 e. The number of carbonyl (C=O) groups is 1. The lowest BCUT2D eigenvalue weighted by atomic mass is 10.2. The van der Waals surface area contributed by atoms with Crippen LogP contribution in [0.3, 0.4) is 0 Å². The van der Waals surface area contributed by atoms with Crippen LogP contribution >= 0.6 is 27.5 Å². The summed E-state index contributed by atoms with van der Waals surface area (Å²) < 4.78 is 0.661. The van der Waals surface area contributed by atoms with Crippen molar-refractivity contribution in [2.24, 2.45) is 0 Å². The van der Waals surface area contributed by atoms with Crippen molar-refractivity contribution in [2.45, 2.75) is 0 Å². The molecule has 0 aliphatic carbocycles. The molecular weight excluding hydrogens is 320 g/mol. The maximum atomic E-state index is 11.0. The first-order valence-corrected chi connectivity index (χ1v) is 6.16. The topological polar surface area (TPSA) is 62.2 Å². The van der Waals surface area contributed by atoms with Crippen molar-refractivity contribution in [1.29, 1.82) is 0 Å². The highest BCUT2D eigenvalue weighted by Crippen LogP contribution is 2.32. The summed E-state index contributed by atoms with van der Waals surface area (Å²) in [5.41, 5.74) is 0.757. The second-order valence-corrected chi connectivity index (χ2v) is 4.63. The highest BCUT2D eigenvalue weighted by atomic mass is 79.9. The Hall–Kier alpha value is -1.59. The number of hydrogen-bond acceptors (Lipinski definition) is 3. The van der Waals surface area contributed by atoms with Gasteiger partial charge in [-0.25, -0.2) is 9.78 Å². The fourth-order valence-electron chi connectivity index (χ4n) is 1.41. The molecule has 18 heavy (non-hydrogen) atoms. The van der Waals surface area contributed by atoms with E-state index in [-0.39, 0.29) is 11.4 Å². The summed E-state index contributed by atoms with van der Waals surface area (Å²) >= 11 is 9.29. The number of benzene rings is 1. The average Bonchev–Trinajstić information content (AvgIpc) is 2.35. The molecule has 0 aliphatic rings. The SMILES string of the molecule is O=C(O)c1cccnc1Nc1cccc(Cl)c1Br. The minimum absolute atomic E-state index is 0.101. The molecule has 2 rings (SSSR count). The van der Waals surface area contributed by atoms with Crippen LogP contribution in [0.5, 0.6) is 0 Å². The summed E-state index contributed by atoms with van der Waals surface area (Å²) in [7, 11) is 0. The molecule has 0 saturated carbocycles. The first-order valence-electron chi connectivity index (χ1n) is 4.99. The minimum atomic E-state index is -1.04. The Kier molecular flexibility index (Phi) is 3.84. The first-order chi connectivity index (χ1) is 8.59. The molecule has 6 heteroatoms. The van der Waals surface area contributed by atoms with Gasteiger partial charge in [0.05, 0.1) is 15.2 Å². The van der Waals surface area contributed by atoms with Gasteiger partial charge in [0.25, 0.3) is 0 Å². The van der Waals surface area contributed by atoms with Crippen LogP contribution in [0.15, 0.2) is 41.0 Å². The van der Waals surface area contributed by atoms with Gasteiger partial charge in [0, 0.05) is 6.20 Å². The lowest BCUT2D eigenvalue weighted by molar-refractivity contribution is 0.0697. The molecule has 1 aromatic heterocycles. The van der Waals surface area contributed by atoms with Gasteiger partial charge >= 0.3 is 5.97 Å². The number of anilines is 2. The van der Waals surface area contributed by atoms with E-state index in [2.05, 4.69) is 26.2 Å². The molecule has 1 aromatic carbocycles. The molecule has 0 unspecified atom stereocenters. The lowest BCUT2D eigenvalue weighted by Crippen LogP contribution is -2.04. The van der Waals surface area contributed by atoms with Crippen molar-refractivity contribution >= 4 is 45.0 Å². The van der Waals surface area contributed by atoms with Crippen LogP contribution in [0.25, 0.3) is 0 Å². The number of nitrogens with zero attached hydrogens (tertiary/aromatic N) is 1. The number of hydrogen-bond donors (Lipinski definition) is 2. The van der Waals surface area contributed by atoms with Crippen molar-refractivity contribution in [3.05, 3.63) is 51.6 Å². The molecule has 0 aliphatic heterocycles. The molecule has 0 fully saturated rings. The molecule has 0 amide bonds. The van der Waals surface area contributed by atoms with Gasteiger partial charge in [-0.3, -0.25) is 0 Å². The predicted molar refractivity (Wildman–Crippen MR) is 73.6 cm³/mol. The van der Waals surface area contributed by atoms with Crippen LogP contribution in [0.2, 0.25) is 5.02 Å². The van der Waals surface area contributed by atoms with E-state index in [1.165, 1.54) is 12.3 Å². The molecule has 92 valence electrons. The van der Waals surface area contributed by atoms with Gasteiger partial charge in [-0.1, -0.05) is 17.7 Å². The first kappa shape index (κ1) is 12.9. The summed E-state index contributed by atoms with van der Waals surface area (Å²) in [4.78, 5) is 15.1. The Morgan fingerprint density at radius 3 is 2.83 bits per heavy atom. The molecule has 2 aromatic rings. The second kappa shape index (κ2) is 5.37.